The second-order valence-corrected chi connectivity index (χ2v) is 11.2. The minimum Gasteiger partial charge on any atom is -0.550 e. The van der Waals surface area contributed by atoms with E-state index in [1.54, 1.807) is 12.1 Å². The zero-order valence-electron chi connectivity index (χ0n) is 27.9. The fraction of sp³-hybridized carbons (Fsp3) is 0.464. The Morgan fingerprint density at radius 2 is 1.85 bits per heavy atom. The number of nitrogen functional groups attached to an aromatic ring is 1. The van der Waals surface area contributed by atoms with Crippen LogP contribution in [-0.4, -0.2) is 173 Å². The molecule has 2 aromatic rings. The van der Waals surface area contributed by atoms with E-state index in [0.29, 0.717) is 23.7 Å². The molecule has 25 heteroatoms. The molecule has 3 heterocycles. The molecule has 1 aromatic carbocycles. The van der Waals surface area contributed by atoms with E-state index in [0.717, 1.165) is 7.05 Å². The number of nitroso groups, excluding NO2 is 1. The van der Waals surface area contributed by atoms with Crippen molar-refractivity contribution in [3.63, 3.8) is 0 Å². The number of carbonyl (C=O) groups is 5. The van der Waals surface area contributed by atoms with Crippen molar-refractivity contribution in [3.8, 4) is 0 Å². The predicted molar refractivity (Wildman–Crippen MR) is 177 cm³/mol. The Hall–Kier alpha value is -4.69. The van der Waals surface area contributed by atoms with Gasteiger partial charge < -0.3 is 76.9 Å². The Morgan fingerprint density at radius 1 is 1.19 bits per heavy atom. The van der Waals surface area contributed by atoms with Crippen molar-refractivity contribution in [2.24, 2.45) is 5.29 Å². The maximum absolute atomic E-state index is 12.3. The molecule has 0 bridgehead atoms. The van der Waals surface area contributed by atoms with Gasteiger partial charge in [0.05, 0.1) is 29.9 Å². The number of carboxylic acid groups (broad SMARTS) is 2. The summed E-state index contributed by atoms with van der Waals surface area (Å²) in [5, 5.41) is 72.3. The summed E-state index contributed by atoms with van der Waals surface area (Å²) in [4.78, 5) is 86.8. The number of nitrogens with two attached hydrogens (primary N) is 1. The van der Waals surface area contributed by atoms with E-state index in [1.165, 1.54) is 17.0 Å². The monoisotopic (exact) mass is 776 g/mol. The van der Waals surface area contributed by atoms with Crippen LogP contribution in [0.5, 0.6) is 0 Å². The molecule has 24 nitrogen and oxygen atoms in total. The number of nitrogens with zero attached hydrogens (tertiary/aromatic N) is 4. The number of amides is 4. The summed E-state index contributed by atoms with van der Waals surface area (Å²) < 4.78 is 4.80. The van der Waals surface area contributed by atoms with Crippen LogP contribution in [0.4, 0.5) is 27.9 Å². The van der Waals surface area contributed by atoms with Crippen LogP contribution in [0, 0.1) is 4.91 Å². The van der Waals surface area contributed by atoms with Crippen LogP contribution in [0.2, 0.25) is 0 Å². The van der Waals surface area contributed by atoms with Gasteiger partial charge in [-0.3, -0.25) is 19.4 Å². The van der Waals surface area contributed by atoms with Gasteiger partial charge in [0.1, 0.15) is 24.4 Å². The van der Waals surface area contributed by atoms with Crippen molar-refractivity contribution in [2.45, 2.75) is 55.6 Å². The third kappa shape index (κ3) is 11.9. The van der Waals surface area contributed by atoms with E-state index in [-0.39, 0.29) is 73.7 Å². The zero-order chi connectivity index (χ0) is 38.7. The number of aromatic amines is 1. The van der Waals surface area contributed by atoms with E-state index in [1.807, 2.05) is 0 Å². The first-order valence-electron chi connectivity index (χ1n) is 15.2. The number of carboxylic acids is 2. The summed E-state index contributed by atoms with van der Waals surface area (Å²) >= 11 is 0. The Labute approximate surface area is 328 Å². The van der Waals surface area contributed by atoms with Crippen LogP contribution < -0.4 is 47.7 Å². The number of rotatable bonds is 13. The molecule has 11 N–H and O–H groups in total. The second-order valence-electron chi connectivity index (χ2n) is 11.2. The molecule has 4 rings (SSSR count). The fourth-order valence-electron chi connectivity index (χ4n) is 4.91. The van der Waals surface area contributed by atoms with Gasteiger partial charge in [0.15, 0.2) is 17.8 Å². The van der Waals surface area contributed by atoms with Crippen molar-refractivity contribution >= 4 is 91.2 Å². The molecule has 1 aromatic heterocycles. The van der Waals surface area contributed by atoms with Gasteiger partial charge in [-0.25, -0.2) is 4.79 Å². The smallest absolute Gasteiger partial charge is 0.550 e. The average Bonchev–Trinajstić information content (AvgIpc) is 3.11. The third-order valence-electron chi connectivity index (χ3n) is 7.71. The van der Waals surface area contributed by atoms with Crippen LogP contribution in [0.1, 0.15) is 23.2 Å². The first-order valence-corrected chi connectivity index (χ1v) is 15.2. The summed E-state index contributed by atoms with van der Waals surface area (Å²) in [6.07, 6.45) is -6.23. The Kier molecular flexibility index (Phi) is 17.2. The number of aliphatic hydroxyl groups excluding tert-OH is 4. The summed E-state index contributed by atoms with van der Waals surface area (Å²) in [6, 6.07) is 1.76. The predicted octanol–water partition coefficient (Wildman–Crippen LogP) is -6.67. The van der Waals surface area contributed by atoms with Gasteiger partial charge in [0, 0.05) is 37.4 Å². The van der Waals surface area contributed by atoms with Crippen molar-refractivity contribution in [1.82, 2.24) is 25.6 Å². The van der Waals surface area contributed by atoms with Gasteiger partial charge in [-0.1, -0.05) is 0 Å². The van der Waals surface area contributed by atoms with E-state index < -0.39 is 85.2 Å². The first-order chi connectivity index (χ1) is 24.6. The number of H-pyrrole nitrogens is 1. The number of hydrogen-bond donors (Lipinski definition) is 10. The molecule has 7 atom stereocenters. The number of nitrogens with one attached hydrogen (secondary N) is 5. The molecule has 4 amide bonds. The van der Waals surface area contributed by atoms with Crippen LogP contribution in [0.3, 0.4) is 0 Å². The zero-order valence-corrected chi connectivity index (χ0v) is 30.1. The summed E-state index contributed by atoms with van der Waals surface area (Å²) in [5.74, 6) is -3.63. The summed E-state index contributed by atoms with van der Waals surface area (Å²) in [5.41, 5.74) is 5.75. The molecular weight excluding hydrogens is 740 g/mol. The Balaban J connectivity index is 0.000000434. The number of aromatic nitrogens is 2. The number of anilines is 4. The van der Waals surface area contributed by atoms with Crippen molar-refractivity contribution < 1.29 is 59.3 Å². The van der Waals surface area contributed by atoms with Gasteiger partial charge in [-0.05, 0) is 37.1 Å². The Bertz CT molecular complexity index is 1670. The fourth-order valence-corrected chi connectivity index (χ4v) is 4.91. The number of fused-ring (bicyclic) bond motifs is 1. The standard InChI is InChI=1S/C20H23N7O7.C8H15N3O7.Ca/c21-20-25-16-15(18(32)26-20)27(9-28)12(8-23-16)7-22-11-3-1-10(2-4-11)17(31)24-13(19(33)34)5-6-14(29)30;1-11(10-17)8(16)9-4-6(14)5(13)3(2-12)18-7(4)15;/h1-4,9,12-13,22H,5-8H2,(H,24,31)(H,29,30)(H,33,34)(H4,21,23,25,26,32);3-7,12-15H,2H2,1H3,(H,9,16);/q;;+2/p-2/t12?,13-;3-,4-,5-,6-,7+;/m01./s1. The van der Waals surface area contributed by atoms with Gasteiger partial charge in [0.2, 0.25) is 12.4 Å². The van der Waals surface area contributed by atoms with Gasteiger partial charge >= 0.3 is 43.8 Å². The number of benzene rings is 1. The first kappa shape index (κ1) is 44.5. The van der Waals surface area contributed by atoms with E-state index >= 15 is 0 Å². The van der Waals surface area contributed by atoms with Crippen LogP contribution >= 0.6 is 0 Å². The summed E-state index contributed by atoms with van der Waals surface area (Å²) in [6.45, 7) is -0.0616. The molecule has 2 aliphatic rings. The number of hydrogen-bond acceptors (Lipinski definition) is 19. The van der Waals surface area contributed by atoms with Gasteiger partial charge in [-0.15, -0.1) is 4.91 Å². The average molecular weight is 777 g/mol. The molecule has 0 radical (unpaired) electrons. The topological polar surface area (TPSA) is 377 Å². The summed E-state index contributed by atoms with van der Waals surface area (Å²) in [7, 11) is 1.07. The molecular formula is C28H36CaN10O14. The molecule has 0 saturated carbocycles. The quantitative estimate of drug-likeness (QED) is 0.0391. The van der Waals surface area contributed by atoms with E-state index in [4.69, 9.17) is 15.6 Å². The van der Waals surface area contributed by atoms with Crippen LogP contribution in [0.15, 0.2) is 34.3 Å². The van der Waals surface area contributed by atoms with Gasteiger partial charge in [-0.2, -0.15) is 9.99 Å². The van der Waals surface area contributed by atoms with E-state index in [2.05, 4.69) is 36.5 Å². The van der Waals surface area contributed by atoms with Crippen LogP contribution in [0.25, 0.3) is 0 Å². The molecule has 1 saturated heterocycles. The molecule has 0 aliphatic carbocycles. The molecule has 1 unspecified atom stereocenters. The Morgan fingerprint density at radius 3 is 2.42 bits per heavy atom. The normalized spacial score (nSPS) is 22.1. The SMILES string of the molecule is CN(N=O)C(=O)N[C@@H]1[C@@H](O)[C@H](O)[C@@H](CO)O[C@@H]1O.Nc1nc2c(c(=O)[nH]1)N(C=O)C(CNc1ccc(C(=O)N[C@@H](CCC(=O)[O-])C(=O)[O-])cc1)CN2.[Ca+2]. The number of urea groups is 1. The van der Waals surface area contributed by atoms with Crippen LogP contribution in [-0.2, 0) is 19.1 Å². The minimum absolute atomic E-state index is 0. The molecule has 284 valence electrons. The third-order valence-corrected chi connectivity index (χ3v) is 7.71. The maximum Gasteiger partial charge on any atom is 2.00 e. The molecule has 0 spiro atoms. The molecule has 1 fully saturated rings. The number of ether oxygens (including phenoxy) is 1. The minimum atomic E-state index is -1.63. The maximum atomic E-state index is 12.3. The van der Waals surface area contributed by atoms with Crippen molar-refractivity contribution in [2.75, 3.05) is 48.0 Å². The number of carbonyl (C=O) groups excluding carboxylic acids is 5. The van der Waals surface area contributed by atoms with Crippen molar-refractivity contribution in [3.05, 3.63) is 45.1 Å². The molecule has 2 aliphatic heterocycles. The number of aliphatic carboxylic acids is 2. The van der Waals surface area contributed by atoms with E-state index in [9.17, 15) is 59.2 Å². The second kappa shape index (κ2) is 20.5. The molecule has 53 heavy (non-hydrogen) atoms. The number of aliphatic hydroxyl groups is 4. The van der Waals surface area contributed by atoms with Gasteiger partial charge in [0.25, 0.3) is 11.5 Å². The van der Waals surface area contributed by atoms with Crippen molar-refractivity contribution in [1.29, 1.82) is 0 Å². The largest absolute Gasteiger partial charge is 2.00 e.